The van der Waals surface area contributed by atoms with Crippen LogP contribution in [-0.4, -0.2) is 19.0 Å². The fourth-order valence-corrected chi connectivity index (χ4v) is 0.482. The van der Waals surface area contributed by atoms with Crippen LogP contribution >= 0.6 is 0 Å². The van der Waals surface area contributed by atoms with Crippen LogP contribution in [0.25, 0.3) is 0 Å². The highest BCUT2D eigenvalue weighted by Crippen LogP contribution is 1.82. The number of hydrogen-bond donors (Lipinski definition) is 0. The van der Waals surface area contributed by atoms with Gasteiger partial charge in [0.1, 0.15) is 0 Å². The van der Waals surface area contributed by atoms with Gasteiger partial charge in [-0.25, -0.2) is 0 Å². The van der Waals surface area contributed by atoms with Gasteiger partial charge in [-0.15, -0.1) is 0 Å². The van der Waals surface area contributed by atoms with E-state index in [1.54, 1.807) is 13.3 Å². The van der Waals surface area contributed by atoms with E-state index in [4.69, 9.17) is 0 Å². The van der Waals surface area contributed by atoms with Crippen LogP contribution in [0.1, 0.15) is 13.3 Å². The maximum atomic E-state index is 3.96. The molecular formula is C7H12N2. The van der Waals surface area contributed by atoms with Crippen LogP contribution < -0.4 is 0 Å². The van der Waals surface area contributed by atoms with Gasteiger partial charge in [0.25, 0.3) is 0 Å². The van der Waals surface area contributed by atoms with Crippen molar-refractivity contribution in [2.75, 3.05) is 7.05 Å². The molecule has 0 spiro atoms. The number of hydrogen-bond acceptors (Lipinski definition) is 2. The summed E-state index contributed by atoms with van der Waals surface area (Å²) in [6.45, 7) is 5.51. The third-order valence-electron chi connectivity index (χ3n) is 0.897. The molecule has 0 amide bonds. The van der Waals surface area contributed by atoms with E-state index in [1.165, 1.54) is 6.20 Å². The minimum atomic E-state index is 0.906. The van der Waals surface area contributed by atoms with Gasteiger partial charge in [-0.2, -0.15) is 0 Å². The van der Waals surface area contributed by atoms with Crippen LogP contribution in [0.4, 0.5) is 0 Å². The van der Waals surface area contributed by atoms with Crippen LogP contribution in [0, 0.1) is 0 Å². The standard InChI is InChI=1S/C7H12N2/c1-4-7(6-8-3)9-5-2/h5-6H,2,4H2,1,3H3. The van der Waals surface area contributed by atoms with Crippen LogP contribution in [0.3, 0.4) is 0 Å². The average Bonchev–Trinajstić information content (AvgIpc) is 1.88. The van der Waals surface area contributed by atoms with Gasteiger partial charge in [0.2, 0.25) is 0 Å². The maximum absolute atomic E-state index is 3.96. The monoisotopic (exact) mass is 124 g/mol. The van der Waals surface area contributed by atoms with E-state index in [0.717, 1.165) is 12.1 Å². The molecule has 0 aromatic carbocycles. The lowest BCUT2D eigenvalue weighted by Crippen LogP contribution is -1.95. The predicted molar refractivity (Wildman–Crippen MR) is 42.3 cm³/mol. The smallest absolute Gasteiger partial charge is 0.0578 e. The van der Waals surface area contributed by atoms with Crippen molar-refractivity contribution in [3.05, 3.63) is 12.8 Å². The molecule has 0 saturated heterocycles. The van der Waals surface area contributed by atoms with Crippen LogP contribution in [-0.2, 0) is 0 Å². The summed E-state index contributed by atoms with van der Waals surface area (Å²) < 4.78 is 0. The van der Waals surface area contributed by atoms with E-state index in [0.29, 0.717) is 0 Å². The molecule has 0 rings (SSSR count). The minimum Gasteiger partial charge on any atom is -0.295 e. The Balaban J connectivity index is 3.96. The molecule has 0 fully saturated rings. The first-order valence-corrected chi connectivity index (χ1v) is 2.94. The Bertz CT molecular complexity index is 134. The molecule has 0 N–H and O–H groups in total. The van der Waals surface area contributed by atoms with E-state index in [1.807, 2.05) is 6.92 Å². The lowest BCUT2D eigenvalue weighted by Gasteiger charge is -1.88. The molecule has 50 valence electrons. The molecule has 0 saturated carbocycles. The van der Waals surface area contributed by atoms with E-state index in [9.17, 15) is 0 Å². The SMILES string of the molecule is C=CN=C(C=NC)CC. The number of aliphatic imine (C=N–C) groups is 2. The van der Waals surface area contributed by atoms with Crippen molar-refractivity contribution in [2.24, 2.45) is 9.98 Å². The first kappa shape index (κ1) is 8.08. The summed E-state index contributed by atoms with van der Waals surface area (Å²) in [7, 11) is 1.73. The third-order valence-corrected chi connectivity index (χ3v) is 0.897. The van der Waals surface area contributed by atoms with Gasteiger partial charge in [-0.1, -0.05) is 13.5 Å². The van der Waals surface area contributed by atoms with Gasteiger partial charge >= 0.3 is 0 Å². The second kappa shape index (κ2) is 5.22. The Morgan fingerprint density at radius 1 is 1.67 bits per heavy atom. The molecule has 2 heteroatoms. The van der Waals surface area contributed by atoms with Crippen molar-refractivity contribution in [1.29, 1.82) is 0 Å². The normalized spacial score (nSPS) is 12.4. The molecule has 0 aliphatic rings. The Hall–Kier alpha value is -0.920. The molecule has 0 aromatic rings. The van der Waals surface area contributed by atoms with Gasteiger partial charge in [-0.3, -0.25) is 9.98 Å². The molecule has 0 aliphatic heterocycles. The fourth-order valence-electron chi connectivity index (χ4n) is 0.482. The van der Waals surface area contributed by atoms with Crippen molar-refractivity contribution >= 4 is 11.9 Å². The summed E-state index contributed by atoms with van der Waals surface area (Å²) in [6, 6.07) is 0. The van der Waals surface area contributed by atoms with Crippen molar-refractivity contribution in [3.63, 3.8) is 0 Å². The molecular weight excluding hydrogens is 112 g/mol. The van der Waals surface area contributed by atoms with Crippen LogP contribution in [0.2, 0.25) is 0 Å². The Morgan fingerprint density at radius 3 is 2.67 bits per heavy atom. The first-order valence-electron chi connectivity index (χ1n) is 2.94. The molecule has 9 heavy (non-hydrogen) atoms. The van der Waals surface area contributed by atoms with Crippen molar-refractivity contribution < 1.29 is 0 Å². The summed E-state index contributed by atoms with van der Waals surface area (Å²) in [5.41, 5.74) is 0.965. The van der Waals surface area contributed by atoms with E-state index >= 15 is 0 Å². The zero-order valence-electron chi connectivity index (χ0n) is 5.96. The zero-order chi connectivity index (χ0) is 7.11. The van der Waals surface area contributed by atoms with E-state index in [-0.39, 0.29) is 0 Å². The second-order valence-electron chi connectivity index (χ2n) is 1.54. The molecule has 0 heterocycles. The van der Waals surface area contributed by atoms with E-state index < -0.39 is 0 Å². The first-order chi connectivity index (χ1) is 4.35. The molecule has 0 atom stereocenters. The lowest BCUT2D eigenvalue weighted by atomic mass is 10.3. The van der Waals surface area contributed by atoms with Crippen molar-refractivity contribution in [2.45, 2.75) is 13.3 Å². The highest BCUT2D eigenvalue weighted by molar-refractivity contribution is 6.30. The van der Waals surface area contributed by atoms with Gasteiger partial charge in [0.05, 0.1) is 5.71 Å². The predicted octanol–water partition coefficient (Wildman–Crippen LogP) is 1.68. The number of rotatable bonds is 3. The average molecular weight is 124 g/mol. The highest BCUT2D eigenvalue weighted by atomic mass is 14.7. The second-order valence-corrected chi connectivity index (χ2v) is 1.54. The Labute approximate surface area is 56.0 Å². The zero-order valence-corrected chi connectivity index (χ0v) is 5.96. The minimum absolute atomic E-state index is 0.906. The molecule has 0 bridgehead atoms. The maximum Gasteiger partial charge on any atom is 0.0578 e. The van der Waals surface area contributed by atoms with Crippen molar-refractivity contribution in [3.8, 4) is 0 Å². The van der Waals surface area contributed by atoms with Gasteiger partial charge in [-0.05, 0) is 6.42 Å². The summed E-state index contributed by atoms with van der Waals surface area (Å²) in [5, 5.41) is 0. The molecule has 2 nitrogen and oxygen atoms in total. The van der Waals surface area contributed by atoms with Gasteiger partial charge in [0.15, 0.2) is 0 Å². The molecule has 0 aromatic heterocycles. The topological polar surface area (TPSA) is 24.7 Å². The van der Waals surface area contributed by atoms with E-state index in [2.05, 4.69) is 16.6 Å². The summed E-state index contributed by atoms with van der Waals surface area (Å²) >= 11 is 0. The van der Waals surface area contributed by atoms with Crippen molar-refractivity contribution in [1.82, 2.24) is 0 Å². The molecule has 0 aliphatic carbocycles. The summed E-state index contributed by atoms with van der Waals surface area (Å²) in [5.74, 6) is 0. The fraction of sp³-hybridized carbons (Fsp3) is 0.429. The highest BCUT2D eigenvalue weighted by Gasteiger charge is 1.84. The lowest BCUT2D eigenvalue weighted by molar-refractivity contribution is 1.29. The Kier molecular flexibility index (Phi) is 4.69. The third kappa shape index (κ3) is 3.64. The summed E-state index contributed by atoms with van der Waals surface area (Å²) in [4.78, 5) is 7.79. The Morgan fingerprint density at radius 2 is 2.33 bits per heavy atom. The molecule has 0 radical (unpaired) electrons. The molecule has 0 unspecified atom stereocenters. The number of nitrogens with zero attached hydrogens (tertiary/aromatic N) is 2. The summed E-state index contributed by atoms with van der Waals surface area (Å²) in [6.07, 6.45) is 4.17. The van der Waals surface area contributed by atoms with Crippen LogP contribution in [0.15, 0.2) is 22.8 Å². The van der Waals surface area contributed by atoms with Crippen LogP contribution in [0.5, 0.6) is 0 Å². The quantitative estimate of drug-likeness (QED) is 0.511. The van der Waals surface area contributed by atoms with Gasteiger partial charge < -0.3 is 0 Å². The largest absolute Gasteiger partial charge is 0.295 e. The van der Waals surface area contributed by atoms with Gasteiger partial charge in [0, 0.05) is 19.5 Å².